The maximum atomic E-state index is 5.51. The molecule has 0 aliphatic carbocycles. The monoisotopic (exact) mass is 233 g/mol. The van der Waals surface area contributed by atoms with Crippen LogP contribution in [0.25, 0.3) is 0 Å². The number of hydrogen-bond acceptors (Lipinski definition) is 2. The van der Waals surface area contributed by atoms with Gasteiger partial charge in [-0.15, -0.1) is 0 Å². The first-order chi connectivity index (χ1) is 8.10. The second kappa shape index (κ2) is 4.78. The van der Waals surface area contributed by atoms with Gasteiger partial charge in [-0.2, -0.15) is 0 Å². The van der Waals surface area contributed by atoms with Gasteiger partial charge in [-0.3, -0.25) is 9.48 Å². The molecular weight excluding hydrogens is 212 g/mol. The Morgan fingerprint density at radius 2 is 2.12 bits per heavy atom. The smallest absolute Gasteiger partial charge is 0.234 e. The molecule has 1 aliphatic heterocycles. The van der Waals surface area contributed by atoms with Gasteiger partial charge in [0.2, 0.25) is 6.34 Å². The Balaban J connectivity index is 2.25. The molecular formula is C14H21N2O+. The SMILES string of the molecule is COc1c(C)cc(C)cc1CN1C=[N+](C)CC1. The molecule has 0 atom stereocenters. The molecule has 0 radical (unpaired) electrons. The van der Waals surface area contributed by atoms with Crippen LogP contribution in [0, 0.1) is 13.8 Å². The van der Waals surface area contributed by atoms with E-state index in [9.17, 15) is 0 Å². The van der Waals surface area contributed by atoms with Crippen molar-refractivity contribution < 1.29 is 9.31 Å². The lowest BCUT2D eigenvalue weighted by Crippen LogP contribution is -2.19. The number of ether oxygens (including phenoxy) is 1. The van der Waals surface area contributed by atoms with E-state index in [0.29, 0.717) is 0 Å². The van der Waals surface area contributed by atoms with E-state index in [1.807, 2.05) is 0 Å². The van der Waals surface area contributed by atoms with Crippen molar-refractivity contribution in [3.05, 3.63) is 28.8 Å². The molecule has 0 saturated heterocycles. The van der Waals surface area contributed by atoms with Crippen LogP contribution in [0.2, 0.25) is 0 Å². The summed E-state index contributed by atoms with van der Waals surface area (Å²) in [7, 11) is 3.86. The highest BCUT2D eigenvalue weighted by Crippen LogP contribution is 2.26. The third kappa shape index (κ3) is 2.60. The minimum atomic E-state index is 0.927. The van der Waals surface area contributed by atoms with E-state index in [2.05, 4.69) is 48.8 Å². The van der Waals surface area contributed by atoms with Crippen LogP contribution in [-0.4, -0.2) is 43.1 Å². The van der Waals surface area contributed by atoms with Crippen LogP contribution < -0.4 is 4.74 Å². The molecule has 1 aromatic carbocycles. The first-order valence-corrected chi connectivity index (χ1v) is 6.03. The lowest BCUT2D eigenvalue weighted by molar-refractivity contribution is -0.482. The highest BCUT2D eigenvalue weighted by atomic mass is 16.5. The van der Waals surface area contributed by atoms with Crippen molar-refractivity contribution in [3.63, 3.8) is 0 Å². The normalized spacial score (nSPS) is 15.1. The molecule has 2 rings (SSSR count). The van der Waals surface area contributed by atoms with Gasteiger partial charge < -0.3 is 4.74 Å². The van der Waals surface area contributed by atoms with E-state index in [1.54, 1.807) is 7.11 Å². The minimum Gasteiger partial charge on any atom is -0.496 e. The van der Waals surface area contributed by atoms with E-state index in [1.165, 1.54) is 16.7 Å². The second-order valence-electron chi connectivity index (χ2n) is 4.84. The Kier molecular flexibility index (Phi) is 3.36. The molecule has 3 nitrogen and oxygen atoms in total. The summed E-state index contributed by atoms with van der Waals surface area (Å²) in [4.78, 5) is 2.33. The van der Waals surface area contributed by atoms with Crippen LogP contribution in [0.5, 0.6) is 5.75 Å². The van der Waals surface area contributed by atoms with E-state index < -0.39 is 0 Å². The molecule has 1 aromatic rings. The molecule has 0 amide bonds. The van der Waals surface area contributed by atoms with Gasteiger partial charge in [0.15, 0.2) is 0 Å². The van der Waals surface area contributed by atoms with Gasteiger partial charge in [0.25, 0.3) is 0 Å². The predicted octanol–water partition coefficient (Wildman–Crippen LogP) is 1.80. The van der Waals surface area contributed by atoms with Gasteiger partial charge in [-0.25, -0.2) is 0 Å². The van der Waals surface area contributed by atoms with Crippen molar-refractivity contribution >= 4 is 6.34 Å². The highest BCUT2D eigenvalue weighted by molar-refractivity contribution is 5.52. The van der Waals surface area contributed by atoms with Crippen LogP contribution in [0.3, 0.4) is 0 Å². The van der Waals surface area contributed by atoms with E-state index in [0.717, 1.165) is 25.4 Å². The molecule has 1 heterocycles. The molecule has 17 heavy (non-hydrogen) atoms. The van der Waals surface area contributed by atoms with Gasteiger partial charge >= 0.3 is 0 Å². The van der Waals surface area contributed by atoms with Crippen LogP contribution in [0.4, 0.5) is 0 Å². The summed E-state index contributed by atoms with van der Waals surface area (Å²) >= 11 is 0. The first kappa shape index (κ1) is 12.0. The second-order valence-corrected chi connectivity index (χ2v) is 4.84. The van der Waals surface area contributed by atoms with Gasteiger partial charge in [-0.1, -0.05) is 11.6 Å². The van der Waals surface area contributed by atoms with Crippen molar-refractivity contribution in [2.24, 2.45) is 0 Å². The zero-order valence-corrected chi connectivity index (χ0v) is 11.2. The molecule has 0 saturated carbocycles. The molecule has 0 aromatic heterocycles. The summed E-state index contributed by atoms with van der Waals surface area (Å²) in [6.45, 7) is 7.36. The number of nitrogens with zero attached hydrogens (tertiary/aromatic N) is 2. The molecule has 1 aliphatic rings. The van der Waals surface area contributed by atoms with Crippen molar-refractivity contribution in [2.75, 3.05) is 27.2 Å². The topological polar surface area (TPSA) is 15.5 Å². The molecule has 92 valence electrons. The number of rotatable bonds is 3. The summed E-state index contributed by atoms with van der Waals surface area (Å²) < 4.78 is 7.73. The Morgan fingerprint density at radius 1 is 1.35 bits per heavy atom. The summed E-state index contributed by atoms with van der Waals surface area (Å²) in [6, 6.07) is 4.39. The molecule has 0 bridgehead atoms. The standard InChI is InChI=1S/C14H21N2O/c1-11-7-12(2)14(17-4)13(8-11)9-16-6-5-15(3)10-16/h7-8,10H,5-6,9H2,1-4H3/q+1. The quantitative estimate of drug-likeness (QED) is 0.740. The van der Waals surface area contributed by atoms with Gasteiger partial charge in [0, 0.05) is 5.56 Å². The Bertz CT molecular complexity index is 452. The van der Waals surface area contributed by atoms with Gasteiger partial charge in [0.1, 0.15) is 25.4 Å². The van der Waals surface area contributed by atoms with Gasteiger partial charge in [0.05, 0.1) is 14.2 Å². The van der Waals surface area contributed by atoms with Gasteiger partial charge in [-0.05, 0) is 25.5 Å². The Hall–Kier alpha value is -1.51. The molecule has 0 fully saturated rings. The number of hydrogen-bond donors (Lipinski definition) is 0. The van der Waals surface area contributed by atoms with Crippen molar-refractivity contribution in [3.8, 4) is 5.75 Å². The average Bonchev–Trinajstić information content (AvgIpc) is 2.63. The van der Waals surface area contributed by atoms with Crippen LogP contribution in [0.15, 0.2) is 12.1 Å². The number of likely N-dealkylation sites (N-methyl/N-ethyl adjacent to an activating group) is 1. The summed E-state index contributed by atoms with van der Waals surface area (Å²) in [5, 5.41) is 0. The van der Waals surface area contributed by atoms with Crippen LogP contribution in [-0.2, 0) is 6.54 Å². The zero-order valence-electron chi connectivity index (χ0n) is 11.2. The van der Waals surface area contributed by atoms with E-state index >= 15 is 0 Å². The minimum absolute atomic E-state index is 0.927. The Labute approximate surface area is 103 Å². The predicted molar refractivity (Wildman–Crippen MR) is 70.0 cm³/mol. The van der Waals surface area contributed by atoms with Crippen molar-refractivity contribution in [1.82, 2.24) is 4.90 Å². The van der Waals surface area contributed by atoms with E-state index in [4.69, 9.17) is 4.74 Å². The van der Waals surface area contributed by atoms with Crippen molar-refractivity contribution in [2.45, 2.75) is 20.4 Å². The Morgan fingerprint density at radius 3 is 2.71 bits per heavy atom. The fourth-order valence-electron chi connectivity index (χ4n) is 2.47. The molecule has 0 N–H and O–H groups in total. The van der Waals surface area contributed by atoms with Crippen molar-refractivity contribution in [1.29, 1.82) is 0 Å². The van der Waals surface area contributed by atoms with Crippen LogP contribution >= 0.6 is 0 Å². The lowest BCUT2D eigenvalue weighted by Gasteiger charge is -2.14. The summed E-state index contributed by atoms with van der Waals surface area (Å²) in [5.74, 6) is 1.03. The number of methoxy groups -OCH3 is 1. The number of benzene rings is 1. The number of aryl methyl sites for hydroxylation is 2. The molecule has 0 unspecified atom stereocenters. The summed E-state index contributed by atoms with van der Waals surface area (Å²) in [5.41, 5.74) is 3.79. The third-order valence-electron chi connectivity index (χ3n) is 3.17. The maximum Gasteiger partial charge on any atom is 0.234 e. The fraction of sp³-hybridized carbons (Fsp3) is 0.500. The van der Waals surface area contributed by atoms with Crippen LogP contribution in [0.1, 0.15) is 16.7 Å². The van der Waals surface area contributed by atoms with E-state index in [-0.39, 0.29) is 0 Å². The first-order valence-electron chi connectivity index (χ1n) is 6.03. The third-order valence-corrected chi connectivity index (χ3v) is 3.17. The molecule has 0 spiro atoms. The molecule has 3 heteroatoms. The largest absolute Gasteiger partial charge is 0.496 e. The highest BCUT2D eigenvalue weighted by Gasteiger charge is 2.19. The zero-order chi connectivity index (χ0) is 12.4. The maximum absolute atomic E-state index is 5.51. The summed E-state index contributed by atoms with van der Waals surface area (Å²) in [6.07, 6.45) is 2.18. The fourth-order valence-corrected chi connectivity index (χ4v) is 2.47. The lowest BCUT2D eigenvalue weighted by atomic mass is 10.1. The average molecular weight is 233 g/mol.